The lowest BCUT2D eigenvalue weighted by molar-refractivity contribution is -0.161. The third-order valence-electron chi connectivity index (χ3n) is 4.83. The summed E-state index contributed by atoms with van der Waals surface area (Å²) in [5.74, 6) is -0.735. The molecule has 2 heterocycles. The molecule has 1 N–H and O–H groups in total. The van der Waals surface area contributed by atoms with Crippen LogP contribution in [0.15, 0.2) is 53.1 Å². The van der Waals surface area contributed by atoms with Gasteiger partial charge in [0.15, 0.2) is 5.76 Å². The number of nitrogens with zero attached hydrogens (tertiary/aromatic N) is 1. The molecular weight excluding hydrogens is 372 g/mol. The Morgan fingerprint density at radius 1 is 1.03 bits per heavy atom. The van der Waals surface area contributed by atoms with Gasteiger partial charge in [0.05, 0.1) is 6.26 Å². The monoisotopic (exact) mass is 398 g/mol. The fourth-order valence-electron chi connectivity index (χ4n) is 3.29. The number of ether oxygens (including phenoxy) is 1. The van der Waals surface area contributed by atoms with Crippen LogP contribution in [-0.4, -0.2) is 42.3 Å². The third-order valence-corrected chi connectivity index (χ3v) is 4.83. The summed E-state index contributed by atoms with van der Waals surface area (Å²) in [6.45, 7) is 1.70. The number of carbonyl (C=O) groups is 3. The Kier molecular flexibility index (Phi) is 7.44. The van der Waals surface area contributed by atoms with Gasteiger partial charge in [0.25, 0.3) is 11.8 Å². The van der Waals surface area contributed by atoms with Crippen LogP contribution >= 0.6 is 0 Å². The molecule has 1 fully saturated rings. The summed E-state index contributed by atoms with van der Waals surface area (Å²) in [4.78, 5) is 38.9. The first-order chi connectivity index (χ1) is 14.1. The van der Waals surface area contributed by atoms with Gasteiger partial charge in [0.2, 0.25) is 6.10 Å². The molecule has 1 aliphatic rings. The number of hydrogen-bond donors (Lipinski definition) is 1. The minimum Gasteiger partial charge on any atom is -0.459 e. The average molecular weight is 398 g/mol. The van der Waals surface area contributed by atoms with E-state index in [9.17, 15) is 14.4 Å². The molecule has 29 heavy (non-hydrogen) atoms. The predicted molar refractivity (Wildman–Crippen MR) is 106 cm³/mol. The van der Waals surface area contributed by atoms with Crippen molar-refractivity contribution < 1.29 is 23.5 Å². The molecule has 2 aromatic rings. The SMILES string of the molecule is O=C(CCCNC(=O)c1ccco1)OC(C(=O)N1CCCCC1)c1ccccc1. The molecule has 0 bridgehead atoms. The number of nitrogens with one attached hydrogen (secondary N) is 1. The van der Waals surface area contributed by atoms with E-state index in [1.54, 1.807) is 29.2 Å². The quantitative estimate of drug-likeness (QED) is 0.545. The van der Waals surface area contributed by atoms with Gasteiger partial charge in [0.1, 0.15) is 0 Å². The molecule has 2 amide bonds. The number of likely N-dealkylation sites (tertiary alicyclic amines) is 1. The molecule has 0 spiro atoms. The summed E-state index contributed by atoms with van der Waals surface area (Å²) in [5, 5.41) is 2.68. The van der Waals surface area contributed by atoms with Crippen molar-refractivity contribution in [2.45, 2.75) is 38.2 Å². The van der Waals surface area contributed by atoms with Crippen LogP contribution in [0.25, 0.3) is 0 Å². The maximum Gasteiger partial charge on any atom is 0.306 e. The van der Waals surface area contributed by atoms with Crippen LogP contribution in [0.2, 0.25) is 0 Å². The minimum absolute atomic E-state index is 0.106. The number of esters is 1. The maximum absolute atomic E-state index is 13.0. The largest absolute Gasteiger partial charge is 0.459 e. The number of benzene rings is 1. The Labute approximate surface area is 170 Å². The second kappa shape index (κ2) is 10.5. The standard InChI is InChI=1S/C22H26N2O5/c25-19(12-7-13-23-21(26)18-11-8-16-28-18)29-20(17-9-3-1-4-10-17)22(27)24-14-5-2-6-15-24/h1,3-4,8-11,16,20H,2,5-7,12-15H2,(H,23,26). The maximum atomic E-state index is 13.0. The molecule has 1 atom stereocenters. The van der Waals surface area contributed by atoms with E-state index in [1.165, 1.54) is 6.26 Å². The summed E-state index contributed by atoms with van der Waals surface area (Å²) < 4.78 is 10.6. The second-order valence-electron chi connectivity index (χ2n) is 7.00. The van der Waals surface area contributed by atoms with E-state index in [0.29, 0.717) is 31.6 Å². The molecule has 1 aromatic heterocycles. The molecule has 7 heteroatoms. The Balaban J connectivity index is 1.52. The molecule has 0 radical (unpaired) electrons. The van der Waals surface area contributed by atoms with Gasteiger partial charge in [-0.2, -0.15) is 0 Å². The van der Waals surface area contributed by atoms with Gasteiger partial charge in [-0.05, 0) is 37.8 Å². The first-order valence-electron chi connectivity index (χ1n) is 10.00. The van der Waals surface area contributed by atoms with E-state index < -0.39 is 12.1 Å². The van der Waals surface area contributed by atoms with Gasteiger partial charge in [-0.3, -0.25) is 14.4 Å². The van der Waals surface area contributed by atoms with Crippen molar-refractivity contribution in [2.75, 3.05) is 19.6 Å². The van der Waals surface area contributed by atoms with E-state index in [2.05, 4.69) is 5.32 Å². The summed E-state index contributed by atoms with van der Waals surface area (Å²) in [6.07, 6.45) is 4.06. The Hall–Kier alpha value is -3.09. The summed E-state index contributed by atoms with van der Waals surface area (Å²) in [7, 11) is 0. The Morgan fingerprint density at radius 2 is 1.79 bits per heavy atom. The number of hydrogen-bond acceptors (Lipinski definition) is 5. The van der Waals surface area contributed by atoms with Crippen molar-refractivity contribution in [3.8, 4) is 0 Å². The lowest BCUT2D eigenvalue weighted by Crippen LogP contribution is -2.40. The fraction of sp³-hybridized carbons (Fsp3) is 0.409. The van der Waals surface area contributed by atoms with Crippen molar-refractivity contribution in [1.82, 2.24) is 10.2 Å². The molecule has 1 aliphatic heterocycles. The smallest absolute Gasteiger partial charge is 0.306 e. The van der Waals surface area contributed by atoms with Crippen LogP contribution in [0.5, 0.6) is 0 Å². The van der Waals surface area contributed by atoms with Gasteiger partial charge >= 0.3 is 5.97 Å². The highest BCUT2D eigenvalue weighted by atomic mass is 16.5. The van der Waals surface area contributed by atoms with Crippen LogP contribution in [-0.2, 0) is 14.3 Å². The first kappa shape index (κ1) is 20.6. The molecule has 3 rings (SSSR count). The van der Waals surface area contributed by atoms with Crippen molar-refractivity contribution in [3.63, 3.8) is 0 Å². The van der Waals surface area contributed by atoms with Crippen LogP contribution in [0.3, 0.4) is 0 Å². The highest BCUT2D eigenvalue weighted by Crippen LogP contribution is 2.23. The average Bonchev–Trinajstić information content (AvgIpc) is 3.31. The zero-order valence-electron chi connectivity index (χ0n) is 16.3. The molecule has 154 valence electrons. The number of piperidine rings is 1. The van der Waals surface area contributed by atoms with E-state index in [0.717, 1.165) is 19.3 Å². The molecule has 0 aliphatic carbocycles. The highest BCUT2D eigenvalue weighted by molar-refractivity contribution is 5.91. The Morgan fingerprint density at radius 3 is 2.48 bits per heavy atom. The molecular formula is C22H26N2O5. The molecule has 1 unspecified atom stereocenters. The van der Waals surface area contributed by atoms with Gasteiger partial charge in [-0.25, -0.2) is 0 Å². The number of furan rings is 1. The fourth-order valence-corrected chi connectivity index (χ4v) is 3.29. The summed E-state index contributed by atoms with van der Waals surface area (Å²) >= 11 is 0. The molecule has 7 nitrogen and oxygen atoms in total. The molecule has 1 saturated heterocycles. The number of carbonyl (C=O) groups excluding carboxylic acids is 3. The van der Waals surface area contributed by atoms with Gasteiger partial charge in [0, 0.05) is 31.6 Å². The van der Waals surface area contributed by atoms with E-state index in [4.69, 9.17) is 9.15 Å². The van der Waals surface area contributed by atoms with Crippen molar-refractivity contribution in [1.29, 1.82) is 0 Å². The lowest BCUT2D eigenvalue weighted by atomic mass is 10.1. The van der Waals surface area contributed by atoms with E-state index in [-0.39, 0.29) is 24.0 Å². The summed E-state index contributed by atoms with van der Waals surface area (Å²) in [5.41, 5.74) is 0.669. The van der Waals surface area contributed by atoms with Gasteiger partial charge in [-0.15, -0.1) is 0 Å². The lowest BCUT2D eigenvalue weighted by Gasteiger charge is -2.30. The van der Waals surface area contributed by atoms with Crippen LogP contribution in [0, 0.1) is 0 Å². The number of rotatable bonds is 8. The van der Waals surface area contributed by atoms with Crippen molar-refractivity contribution >= 4 is 17.8 Å². The van der Waals surface area contributed by atoms with Crippen LogP contribution in [0.1, 0.15) is 54.3 Å². The first-order valence-corrected chi connectivity index (χ1v) is 10.00. The predicted octanol–water partition coefficient (Wildman–Crippen LogP) is 3.09. The van der Waals surface area contributed by atoms with Crippen LogP contribution in [0.4, 0.5) is 0 Å². The van der Waals surface area contributed by atoms with E-state index >= 15 is 0 Å². The molecule has 0 saturated carbocycles. The summed E-state index contributed by atoms with van der Waals surface area (Å²) in [6, 6.07) is 12.3. The molecule has 1 aromatic carbocycles. The van der Waals surface area contributed by atoms with Gasteiger partial charge in [-0.1, -0.05) is 30.3 Å². The number of amides is 2. The zero-order valence-corrected chi connectivity index (χ0v) is 16.3. The topological polar surface area (TPSA) is 88.9 Å². The zero-order chi connectivity index (χ0) is 20.5. The van der Waals surface area contributed by atoms with Crippen molar-refractivity contribution in [2.24, 2.45) is 0 Å². The highest BCUT2D eigenvalue weighted by Gasteiger charge is 2.30. The van der Waals surface area contributed by atoms with Crippen molar-refractivity contribution in [3.05, 3.63) is 60.1 Å². The van der Waals surface area contributed by atoms with Gasteiger partial charge < -0.3 is 19.4 Å². The second-order valence-corrected chi connectivity index (χ2v) is 7.00. The normalized spacial score (nSPS) is 14.8. The van der Waals surface area contributed by atoms with E-state index in [1.807, 2.05) is 18.2 Å². The Bertz CT molecular complexity index is 798. The van der Waals surface area contributed by atoms with Crippen LogP contribution < -0.4 is 5.32 Å². The third kappa shape index (κ3) is 5.94. The minimum atomic E-state index is -0.931.